The smallest absolute Gasteiger partial charge is 0.333 e. The molecule has 1 saturated carbocycles. The first-order valence-corrected chi connectivity index (χ1v) is 13.9. The lowest BCUT2D eigenvalue weighted by molar-refractivity contribution is 0.104. The molecule has 2 heterocycles. The molecule has 4 rings (SSSR count). The molecule has 35 heavy (non-hydrogen) atoms. The number of hydrogen-bond acceptors (Lipinski definition) is 8. The van der Waals surface area contributed by atoms with E-state index in [0.29, 0.717) is 34.1 Å². The molecule has 0 amide bonds. The molecule has 2 aromatic heterocycles. The largest absolute Gasteiger partial charge is 0.367 e. The number of anilines is 1. The molecular formula is C24H27ClN4O4S2. The zero-order valence-electron chi connectivity index (χ0n) is 19.4. The quantitative estimate of drug-likeness (QED) is 0.390. The lowest BCUT2D eigenvalue weighted by Crippen LogP contribution is -2.22. The summed E-state index contributed by atoms with van der Waals surface area (Å²) < 4.78 is 27.1. The summed E-state index contributed by atoms with van der Waals surface area (Å²) in [5.41, 5.74) is 2.39. The summed E-state index contributed by atoms with van der Waals surface area (Å²) in [4.78, 5) is 23.6. The van der Waals surface area contributed by atoms with E-state index in [9.17, 15) is 13.2 Å². The van der Waals surface area contributed by atoms with Crippen molar-refractivity contribution in [3.63, 3.8) is 0 Å². The molecule has 3 aromatic rings. The molecule has 186 valence electrons. The molecule has 0 radical (unpaired) electrons. The topological polar surface area (TPSA) is 124 Å². The summed E-state index contributed by atoms with van der Waals surface area (Å²) in [6.07, 6.45) is 5.10. The lowest BCUT2D eigenvalue weighted by Gasteiger charge is -2.16. The monoisotopic (exact) mass is 534 g/mol. The standard InChI is InChI=1S/C24H27ClN4O4S2/c1-14-6-19(10-17(14)12-33-35(26,31)32)29-24-21(11-27-13-28-24)22(30)23-15(2)7-20(34-23)9-16-4-3-5-18(25)8-16/h3-5,7-8,11,13-14,17,19H,6,9-10,12H2,1-2H3,(H2,26,31,32)(H,27,28,29)/t14-,17+,19-/m0/s1. The zero-order chi connectivity index (χ0) is 25.2. The van der Waals surface area contributed by atoms with Gasteiger partial charge in [-0.2, -0.15) is 8.42 Å². The van der Waals surface area contributed by atoms with Crippen LogP contribution in [0.5, 0.6) is 0 Å². The fourth-order valence-corrected chi connectivity index (χ4v) is 6.24. The highest BCUT2D eigenvalue weighted by Gasteiger charge is 2.33. The highest BCUT2D eigenvalue weighted by atomic mass is 35.5. The second kappa shape index (κ2) is 10.7. The van der Waals surface area contributed by atoms with Crippen molar-refractivity contribution in [3.8, 4) is 0 Å². The summed E-state index contributed by atoms with van der Waals surface area (Å²) in [6, 6.07) is 9.74. The van der Waals surface area contributed by atoms with Gasteiger partial charge in [-0.25, -0.2) is 15.1 Å². The highest BCUT2D eigenvalue weighted by Crippen LogP contribution is 2.35. The second-order valence-corrected chi connectivity index (χ2v) is 11.8. The number of nitrogens with zero attached hydrogens (tertiary/aromatic N) is 2. The molecule has 0 unspecified atom stereocenters. The molecule has 0 spiro atoms. The number of nitrogens with two attached hydrogens (primary N) is 1. The van der Waals surface area contributed by atoms with E-state index in [1.54, 1.807) is 0 Å². The second-order valence-electron chi connectivity index (χ2n) is 8.97. The first-order chi connectivity index (χ1) is 16.6. The molecule has 0 bridgehead atoms. The van der Waals surface area contributed by atoms with Gasteiger partial charge in [-0.3, -0.25) is 8.98 Å². The third-order valence-corrected chi connectivity index (χ3v) is 8.17. The van der Waals surface area contributed by atoms with Gasteiger partial charge < -0.3 is 5.32 Å². The van der Waals surface area contributed by atoms with Crippen LogP contribution in [0.25, 0.3) is 0 Å². The van der Waals surface area contributed by atoms with Gasteiger partial charge in [0, 0.05) is 28.6 Å². The molecule has 1 aromatic carbocycles. The van der Waals surface area contributed by atoms with Crippen molar-refractivity contribution in [2.24, 2.45) is 17.0 Å². The predicted octanol–water partition coefficient (Wildman–Crippen LogP) is 4.37. The van der Waals surface area contributed by atoms with Crippen LogP contribution in [0.4, 0.5) is 5.82 Å². The Labute approximate surface area is 214 Å². The molecule has 1 aliphatic rings. The molecule has 8 nitrogen and oxygen atoms in total. The van der Waals surface area contributed by atoms with Crippen LogP contribution < -0.4 is 10.5 Å². The summed E-state index contributed by atoms with van der Waals surface area (Å²) >= 11 is 7.57. The van der Waals surface area contributed by atoms with E-state index in [-0.39, 0.29) is 30.3 Å². The number of thiophene rings is 1. The first-order valence-electron chi connectivity index (χ1n) is 11.2. The van der Waals surface area contributed by atoms with Crippen LogP contribution in [-0.2, 0) is 20.9 Å². The van der Waals surface area contributed by atoms with Gasteiger partial charge in [0.1, 0.15) is 12.1 Å². The van der Waals surface area contributed by atoms with Gasteiger partial charge in [-0.05, 0) is 60.9 Å². The molecule has 3 N–H and O–H groups in total. The van der Waals surface area contributed by atoms with E-state index >= 15 is 0 Å². The molecule has 0 aliphatic heterocycles. The van der Waals surface area contributed by atoms with Gasteiger partial charge >= 0.3 is 10.3 Å². The van der Waals surface area contributed by atoms with Crippen molar-refractivity contribution in [2.45, 2.75) is 39.2 Å². The molecule has 11 heteroatoms. The maximum absolute atomic E-state index is 13.5. The third kappa shape index (κ3) is 6.65. The van der Waals surface area contributed by atoms with E-state index in [2.05, 4.69) is 15.3 Å². The van der Waals surface area contributed by atoms with E-state index in [1.165, 1.54) is 23.9 Å². The van der Waals surface area contributed by atoms with E-state index in [0.717, 1.165) is 22.4 Å². The minimum Gasteiger partial charge on any atom is -0.367 e. The summed E-state index contributed by atoms with van der Waals surface area (Å²) in [7, 11) is -3.98. The zero-order valence-corrected chi connectivity index (χ0v) is 21.8. The fraction of sp³-hybridized carbons (Fsp3) is 0.375. The Morgan fingerprint density at radius 1 is 1.31 bits per heavy atom. The lowest BCUT2D eigenvalue weighted by atomic mass is 10.00. The number of aromatic nitrogens is 2. The van der Waals surface area contributed by atoms with E-state index in [4.69, 9.17) is 20.9 Å². The number of carbonyl (C=O) groups is 1. The van der Waals surface area contributed by atoms with Crippen LogP contribution >= 0.6 is 22.9 Å². The minimum absolute atomic E-state index is 0.0170. The number of nitrogens with one attached hydrogen (secondary N) is 1. The SMILES string of the molecule is Cc1cc(Cc2cccc(Cl)c2)sc1C(=O)c1cncnc1N[C@@H]1C[C@H](COS(N)(=O)=O)[C@@H](C)C1. The number of ketones is 1. The third-order valence-electron chi connectivity index (χ3n) is 6.23. The van der Waals surface area contributed by atoms with Gasteiger partial charge in [-0.1, -0.05) is 30.7 Å². The Morgan fingerprint density at radius 2 is 2.11 bits per heavy atom. The molecular weight excluding hydrogens is 508 g/mol. The van der Waals surface area contributed by atoms with Crippen LogP contribution in [0.2, 0.25) is 5.02 Å². The molecule has 3 atom stereocenters. The van der Waals surface area contributed by atoms with Gasteiger partial charge in [-0.15, -0.1) is 11.3 Å². The number of rotatable bonds is 9. The normalized spacial score (nSPS) is 20.2. The van der Waals surface area contributed by atoms with Crippen LogP contribution in [-0.4, -0.2) is 36.8 Å². The first kappa shape index (κ1) is 25.7. The number of aryl methyl sites for hydroxylation is 1. The average Bonchev–Trinajstić information content (AvgIpc) is 3.33. The molecule has 0 saturated heterocycles. The van der Waals surface area contributed by atoms with E-state index < -0.39 is 10.3 Å². The van der Waals surface area contributed by atoms with Crippen molar-refractivity contribution < 1.29 is 17.4 Å². The van der Waals surface area contributed by atoms with Gasteiger partial charge in [0.2, 0.25) is 5.78 Å². The Morgan fingerprint density at radius 3 is 2.86 bits per heavy atom. The van der Waals surface area contributed by atoms with Crippen LogP contribution in [0.15, 0.2) is 42.9 Å². The Bertz CT molecular complexity index is 1330. The number of carbonyl (C=O) groups excluding carboxylic acids is 1. The fourth-order valence-electron chi connectivity index (χ4n) is 4.50. The summed E-state index contributed by atoms with van der Waals surface area (Å²) in [5, 5.41) is 9.02. The van der Waals surface area contributed by atoms with Gasteiger partial charge in [0.15, 0.2) is 0 Å². The van der Waals surface area contributed by atoms with Gasteiger partial charge in [0.05, 0.1) is 17.0 Å². The minimum atomic E-state index is -3.98. The van der Waals surface area contributed by atoms with Crippen molar-refractivity contribution in [1.29, 1.82) is 0 Å². The maximum Gasteiger partial charge on any atom is 0.333 e. The maximum atomic E-state index is 13.5. The van der Waals surface area contributed by atoms with Crippen molar-refractivity contribution in [3.05, 3.63) is 74.3 Å². The Balaban J connectivity index is 1.48. The van der Waals surface area contributed by atoms with Crippen molar-refractivity contribution in [2.75, 3.05) is 11.9 Å². The number of halogens is 1. The van der Waals surface area contributed by atoms with Crippen LogP contribution in [0, 0.1) is 18.8 Å². The molecule has 1 fully saturated rings. The number of benzene rings is 1. The van der Waals surface area contributed by atoms with Gasteiger partial charge in [0.25, 0.3) is 0 Å². The summed E-state index contributed by atoms with van der Waals surface area (Å²) in [6.45, 7) is 4.01. The van der Waals surface area contributed by atoms with Crippen LogP contribution in [0.1, 0.15) is 51.0 Å². The average molecular weight is 535 g/mol. The number of hydrogen-bond donors (Lipinski definition) is 2. The Hall–Kier alpha value is -2.37. The van der Waals surface area contributed by atoms with E-state index in [1.807, 2.05) is 44.2 Å². The summed E-state index contributed by atoms with van der Waals surface area (Å²) in [5.74, 6) is 0.594. The van der Waals surface area contributed by atoms with Crippen molar-refractivity contribution >= 4 is 44.8 Å². The molecule has 1 aliphatic carbocycles. The highest BCUT2D eigenvalue weighted by molar-refractivity contribution is 7.84. The van der Waals surface area contributed by atoms with Crippen LogP contribution in [0.3, 0.4) is 0 Å². The Kier molecular flexibility index (Phi) is 7.87. The predicted molar refractivity (Wildman–Crippen MR) is 137 cm³/mol. The van der Waals surface area contributed by atoms with Crippen molar-refractivity contribution in [1.82, 2.24) is 9.97 Å².